The van der Waals surface area contributed by atoms with Gasteiger partial charge in [0.1, 0.15) is 11.3 Å². The minimum Gasteiger partial charge on any atom is -0.382 e. The summed E-state index contributed by atoms with van der Waals surface area (Å²) in [6.45, 7) is 0. The van der Waals surface area contributed by atoms with E-state index in [4.69, 9.17) is 0 Å². The van der Waals surface area contributed by atoms with E-state index in [-0.39, 0.29) is 5.78 Å². The maximum atomic E-state index is 12.2. The second-order valence-electron chi connectivity index (χ2n) is 4.27. The van der Waals surface area contributed by atoms with Gasteiger partial charge in [0.05, 0.1) is 0 Å². The van der Waals surface area contributed by atoms with E-state index in [1.165, 1.54) is 4.68 Å². The summed E-state index contributed by atoms with van der Waals surface area (Å²) in [7, 11) is 1.65. The van der Waals surface area contributed by atoms with E-state index in [0.717, 1.165) is 19.3 Å². The summed E-state index contributed by atoms with van der Waals surface area (Å²) in [4.78, 5) is 12.2. The van der Waals surface area contributed by atoms with Gasteiger partial charge in [0.15, 0.2) is 4.60 Å². The smallest absolute Gasteiger partial charge is 0.215 e. The van der Waals surface area contributed by atoms with Crippen molar-refractivity contribution in [3.8, 4) is 0 Å². The van der Waals surface area contributed by atoms with Gasteiger partial charge >= 0.3 is 0 Å². The maximum absolute atomic E-state index is 12.2. The molecule has 1 aromatic heterocycles. The number of aliphatic hydroxyl groups is 1. The Labute approximate surface area is 102 Å². The molecule has 0 aliphatic heterocycles. The van der Waals surface area contributed by atoms with Crippen LogP contribution in [0.25, 0.3) is 0 Å². The molecule has 1 fully saturated rings. The first-order chi connectivity index (χ1) is 7.54. The number of nitrogens with zero attached hydrogens (tertiary/aromatic N) is 3. The molecule has 0 bridgehead atoms. The van der Waals surface area contributed by atoms with Crippen LogP contribution in [0.1, 0.15) is 42.6 Å². The Balaban J connectivity index is 2.31. The van der Waals surface area contributed by atoms with Gasteiger partial charge in [-0.3, -0.25) is 4.79 Å². The van der Waals surface area contributed by atoms with Gasteiger partial charge < -0.3 is 5.11 Å². The highest BCUT2D eigenvalue weighted by Gasteiger charge is 2.40. The van der Waals surface area contributed by atoms with Crippen molar-refractivity contribution in [2.45, 2.75) is 37.7 Å². The first-order valence-electron chi connectivity index (χ1n) is 5.37. The number of Topliss-reactive ketones (excluding diaryl/α,β-unsaturated/α-hetero) is 1. The SMILES string of the molecule is Cn1nnc(Br)c1C(=O)C1(O)CCCCC1. The van der Waals surface area contributed by atoms with Gasteiger partial charge in [0.25, 0.3) is 0 Å². The molecule has 1 N–H and O–H groups in total. The lowest BCUT2D eigenvalue weighted by molar-refractivity contribution is 0.0107. The van der Waals surface area contributed by atoms with Crippen LogP contribution in [0.2, 0.25) is 0 Å². The van der Waals surface area contributed by atoms with Crippen LogP contribution in [0.4, 0.5) is 0 Å². The second-order valence-corrected chi connectivity index (χ2v) is 5.02. The highest BCUT2D eigenvalue weighted by atomic mass is 79.9. The number of hydrogen-bond acceptors (Lipinski definition) is 4. The first kappa shape index (κ1) is 11.7. The van der Waals surface area contributed by atoms with E-state index >= 15 is 0 Å². The number of aryl methyl sites for hydroxylation is 1. The highest BCUT2D eigenvalue weighted by molar-refractivity contribution is 9.10. The number of aromatic nitrogens is 3. The third kappa shape index (κ3) is 1.91. The molecule has 0 unspecified atom stereocenters. The summed E-state index contributed by atoms with van der Waals surface area (Å²) < 4.78 is 1.80. The van der Waals surface area contributed by atoms with Crippen molar-refractivity contribution in [2.75, 3.05) is 0 Å². The summed E-state index contributed by atoms with van der Waals surface area (Å²) in [5, 5.41) is 17.8. The van der Waals surface area contributed by atoms with Crippen molar-refractivity contribution in [3.05, 3.63) is 10.3 Å². The molecular formula is C10H14BrN3O2. The van der Waals surface area contributed by atoms with Crippen molar-refractivity contribution in [3.63, 3.8) is 0 Å². The Bertz CT molecular complexity index is 391. The molecule has 5 nitrogen and oxygen atoms in total. The van der Waals surface area contributed by atoms with Crippen LogP contribution in [0.5, 0.6) is 0 Å². The molecule has 1 aliphatic carbocycles. The molecule has 2 rings (SSSR count). The fourth-order valence-electron chi connectivity index (χ4n) is 2.16. The average Bonchev–Trinajstić information content (AvgIpc) is 2.59. The van der Waals surface area contributed by atoms with Crippen LogP contribution >= 0.6 is 15.9 Å². The van der Waals surface area contributed by atoms with Crippen LogP contribution in [0.15, 0.2) is 4.60 Å². The molecule has 1 saturated carbocycles. The molecule has 0 saturated heterocycles. The zero-order chi connectivity index (χ0) is 11.8. The molecule has 0 amide bonds. The summed E-state index contributed by atoms with van der Waals surface area (Å²) in [5.41, 5.74) is -0.875. The molecule has 88 valence electrons. The van der Waals surface area contributed by atoms with Gasteiger partial charge in [-0.05, 0) is 28.8 Å². The van der Waals surface area contributed by atoms with E-state index < -0.39 is 5.60 Å². The minimum absolute atomic E-state index is 0.272. The minimum atomic E-state index is -1.23. The van der Waals surface area contributed by atoms with Gasteiger partial charge in [0, 0.05) is 7.05 Å². The standard InChI is InChI=1S/C10H14BrN3O2/c1-14-7(9(11)12-13-14)8(15)10(16)5-3-2-4-6-10/h16H,2-6H2,1H3. The third-order valence-electron chi connectivity index (χ3n) is 3.10. The van der Waals surface area contributed by atoms with Crippen LogP contribution in [0.3, 0.4) is 0 Å². The Hall–Kier alpha value is -0.750. The Morgan fingerprint density at radius 2 is 2.06 bits per heavy atom. The van der Waals surface area contributed by atoms with E-state index in [1.54, 1.807) is 7.05 Å². The van der Waals surface area contributed by atoms with Gasteiger partial charge in [0.2, 0.25) is 5.78 Å². The molecule has 0 atom stereocenters. The van der Waals surface area contributed by atoms with Crippen LogP contribution in [-0.4, -0.2) is 31.5 Å². The zero-order valence-electron chi connectivity index (χ0n) is 9.11. The molecular weight excluding hydrogens is 274 g/mol. The Kier molecular flexibility index (Phi) is 3.12. The third-order valence-corrected chi connectivity index (χ3v) is 3.64. The quantitative estimate of drug-likeness (QED) is 0.836. The van der Waals surface area contributed by atoms with E-state index in [1.807, 2.05) is 0 Å². The topological polar surface area (TPSA) is 68.0 Å². The molecule has 0 spiro atoms. The molecule has 0 aromatic carbocycles. The van der Waals surface area contributed by atoms with Crippen molar-refractivity contribution in [1.82, 2.24) is 15.0 Å². The number of carbonyl (C=O) groups is 1. The van der Waals surface area contributed by atoms with Gasteiger partial charge in [-0.15, -0.1) is 5.10 Å². The molecule has 16 heavy (non-hydrogen) atoms. The predicted octanol–water partition coefficient (Wildman–Crippen LogP) is 1.46. The first-order valence-corrected chi connectivity index (χ1v) is 6.16. The number of carbonyl (C=O) groups excluding carboxylic acids is 1. The summed E-state index contributed by atoms with van der Waals surface area (Å²) in [6, 6.07) is 0. The molecule has 1 heterocycles. The molecule has 1 aliphatic rings. The lowest BCUT2D eigenvalue weighted by Crippen LogP contribution is -2.41. The lowest BCUT2D eigenvalue weighted by Gasteiger charge is -2.30. The van der Waals surface area contributed by atoms with Crippen molar-refractivity contribution >= 4 is 21.7 Å². The fraction of sp³-hybridized carbons (Fsp3) is 0.700. The summed E-state index contributed by atoms with van der Waals surface area (Å²) in [6.07, 6.45) is 3.93. The average molecular weight is 288 g/mol. The summed E-state index contributed by atoms with van der Waals surface area (Å²) in [5.74, 6) is -0.272. The second kappa shape index (κ2) is 4.25. The van der Waals surface area contributed by atoms with Crippen LogP contribution < -0.4 is 0 Å². The van der Waals surface area contributed by atoms with E-state index in [9.17, 15) is 9.90 Å². The fourth-order valence-corrected chi connectivity index (χ4v) is 2.66. The van der Waals surface area contributed by atoms with Crippen molar-refractivity contribution < 1.29 is 9.90 Å². The number of halogens is 1. The van der Waals surface area contributed by atoms with E-state index in [0.29, 0.717) is 23.1 Å². The van der Waals surface area contributed by atoms with Crippen molar-refractivity contribution in [1.29, 1.82) is 0 Å². The maximum Gasteiger partial charge on any atom is 0.215 e. The predicted molar refractivity (Wildman–Crippen MR) is 61.1 cm³/mol. The molecule has 1 aromatic rings. The Morgan fingerprint density at radius 3 is 2.56 bits per heavy atom. The van der Waals surface area contributed by atoms with Gasteiger partial charge in [-0.1, -0.05) is 24.5 Å². The van der Waals surface area contributed by atoms with E-state index in [2.05, 4.69) is 26.2 Å². The van der Waals surface area contributed by atoms with Crippen molar-refractivity contribution in [2.24, 2.45) is 7.05 Å². The normalized spacial score (nSPS) is 19.7. The monoisotopic (exact) mass is 287 g/mol. The zero-order valence-corrected chi connectivity index (χ0v) is 10.7. The van der Waals surface area contributed by atoms with Crippen LogP contribution in [0, 0.1) is 0 Å². The molecule has 6 heteroatoms. The van der Waals surface area contributed by atoms with Crippen LogP contribution in [-0.2, 0) is 7.05 Å². The highest BCUT2D eigenvalue weighted by Crippen LogP contribution is 2.32. The largest absolute Gasteiger partial charge is 0.382 e. The number of ketones is 1. The summed E-state index contributed by atoms with van der Waals surface area (Å²) >= 11 is 3.18. The van der Waals surface area contributed by atoms with Gasteiger partial charge in [-0.2, -0.15) is 0 Å². The molecule has 0 radical (unpaired) electrons. The lowest BCUT2D eigenvalue weighted by atomic mass is 9.81. The number of hydrogen-bond donors (Lipinski definition) is 1. The Morgan fingerprint density at radius 1 is 1.44 bits per heavy atom. The van der Waals surface area contributed by atoms with Gasteiger partial charge in [-0.25, -0.2) is 4.68 Å². The number of rotatable bonds is 2.